The van der Waals surface area contributed by atoms with Gasteiger partial charge in [-0.2, -0.15) is 5.10 Å². The smallest absolute Gasteiger partial charge is 0.138 e. The van der Waals surface area contributed by atoms with E-state index in [2.05, 4.69) is 36.2 Å². The van der Waals surface area contributed by atoms with E-state index in [0.717, 1.165) is 36.9 Å². The number of hydrogen-bond acceptors (Lipinski definition) is 4. The van der Waals surface area contributed by atoms with E-state index in [1.165, 1.54) is 0 Å². The zero-order valence-corrected chi connectivity index (χ0v) is 12.8. The molecule has 20 heavy (non-hydrogen) atoms. The summed E-state index contributed by atoms with van der Waals surface area (Å²) in [4.78, 5) is 4.39. The van der Waals surface area contributed by atoms with E-state index in [1.807, 2.05) is 23.7 Å². The molecule has 1 unspecified atom stereocenters. The van der Waals surface area contributed by atoms with Crippen molar-refractivity contribution in [2.45, 2.75) is 46.7 Å². The number of aromatic nitrogens is 3. The molecule has 0 aliphatic carbocycles. The molecule has 2 aromatic heterocycles. The number of hydrogen-bond donors (Lipinski definition) is 1. The van der Waals surface area contributed by atoms with Crippen LogP contribution in [0.25, 0.3) is 0 Å². The predicted octanol–water partition coefficient (Wildman–Crippen LogP) is 2.73. The van der Waals surface area contributed by atoms with Crippen LogP contribution in [0.5, 0.6) is 0 Å². The third-order valence-electron chi connectivity index (χ3n) is 3.18. The lowest BCUT2D eigenvalue weighted by Crippen LogP contribution is -2.24. The van der Waals surface area contributed by atoms with Crippen LogP contribution in [-0.4, -0.2) is 21.3 Å². The average molecular weight is 276 g/mol. The first-order valence-corrected chi connectivity index (χ1v) is 7.26. The summed E-state index contributed by atoms with van der Waals surface area (Å²) in [6.07, 6.45) is 2.42. The Hall–Kier alpha value is -1.62. The predicted molar refractivity (Wildman–Crippen MR) is 78.4 cm³/mol. The highest BCUT2D eigenvalue weighted by molar-refractivity contribution is 5.11. The number of furan rings is 1. The number of rotatable bonds is 7. The minimum atomic E-state index is 0.142. The van der Waals surface area contributed by atoms with Crippen molar-refractivity contribution >= 4 is 0 Å². The van der Waals surface area contributed by atoms with Crippen LogP contribution < -0.4 is 5.32 Å². The van der Waals surface area contributed by atoms with Gasteiger partial charge in [0, 0.05) is 13.0 Å². The van der Waals surface area contributed by atoms with Gasteiger partial charge < -0.3 is 9.73 Å². The Bertz CT molecular complexity index is 529. The monoisotopic (exact) mass is 276 g/mol. The summed E-state index contributed by atoms with van der Waals surface area (Å²) in [5.74, 6) is 3.45. The van der Waals surface area contributed by atoms with Gasteiger partial charge in [0.05, 0.1) is 6.04 Å². The fourth-order valence-electron chi connectivity index (χ4n) is 2.29. The molecule has 0 aromatic carbocycles. The average Bonchev–Trinajstić information content (AvgIpc) is 2.98. The zero-order chi connectivity index (χ0) is 14.5. The Balaban J connectivity index is 2.14. The Kier molecular flexibility index (Phi) is 4.95. The molecule has 1 atom stereocenters. The van der Waals surface area contributed by atoms with Crippen LogP contribution in [0.1, 0.15) is 44.2 Å². The van der Waals surface area contributed by atoms with Gasteiger partial charge in [0.2, 0.25) is 0 Å². The van der Waals surface area contributed by atoms with Gasteiger partial charge in [-0.25, -0.2) is 9.67 Å². The van der Waals surface area contributed by atoms with Crippen LogP contribution in [0.3, 0.4) is 0 Å². The van der Waals surface area contributed by atoms with Crippen molar-refractivity contribution < 1.29 is 4.42 Å². The lowest BCUT2D eigenvalue weighted by atomic mass is 10.1. The third kappa shape index (κ3) is 3.70. The maximum absolute atomic E-state index is 5.75. The largest absolute Gasteiger partial charge is 0.465 e. The van der Waals surface area contributed by atoms with Gasteiger partial charge in [-0.15, -0.1) is 0 Å². The molecule has 0 aliphatic heterocycles. The summed E-state index contributed by atoms with van der Waals surface area (Å²) in [5, 5.41) is 7.77. The molecule has 1 N–H and O–H groups in total. The Morgan fingerprint density at radius 1 is 1.35 bits per heavy atom. The molecule has 2 heterocycles. The molecule has 0 saturated carbocycles. The molecule has 0 fully saturated rings. The normalized spacial score (nSPS) is 13.1. The summed E-state index contributed by atoms with van der Waals surface area (Å²) in [6, 6.07) is 4.17. The van der Waals surface area contributed by atoms with E-state index < -0.39 is 0 Å². The minimum Gasteiger partial charge on any atom is -0.465 e. The quantitative estimate of drug-likeness (QED) is 0.845. The SMILES string of the molecule is CCNC(Cc1ncnn1CC(C)C)c1ccc(C)o1. The Labute approximate surface area is 120 Å². The molecule has 5 nitrogen and oxygen atoms in total. The molecule has 0 saturated heterocycles. The van der Waals surface area contributed by atoms with Crippen molar-refractivity contribution in [1.29, 1.82) is 0 Å². The molecule has 0 aliphatic rings. The number of nitrogens with one attached hydrogen (secondary N) is 1. The molecular formula is C15H24N4O. The van der Waals surface area contributed by atoms with Crippen molar-refractivity contribution in [3.63, 3.8) is 0 Å². The van der Waals surface area contributed by atoms with Gasteiger partial charge in [-0.1, -0.05) is 20.8 Å². The highest BCUT2D eigenvalue weighted by Crippen LogP contribution is 2.20. The van der Waals surface area contributed by atoms with Crippen molar-refractivity contribution in [3.8, 4) is 0 Å². The molecule has 0 spiro atoms. The van der Waals surface area contributed by atoms with Gasteiger partial charge in [0.15, 0.2) is 0 Å². The second-order valence-electron chi connectivity index (χ2n) is 5.52. The fraction of sp³-hybridized carbons (Fsp3) is 0.600. The molecule has 2 rings (SSSR count). The van der Waals surface area contributed by atoms with Crippen LogP contribution in [-0.2, 0) is 13.0 Å². The fourth-order valence-corrected chi connectivity index (χ4v) is 2.29. The standard InChI is InChI=1S/C15H24N4O/c1-5-16-13(14-7-6-12(4)20-14)8-15-17-10-18-19(15)9-11(2)3/h6-7,10-11,13,16H,5,8-9H2,1-4H3. The first-order chi connectivity index (χ1) is 9.60. The van der Waals surface area contributed by atoms with Gasteiger partial charge in [0.1, 0.15) is 23.7 Å². The van der Waals surface area contributed by atoms with E-state index in [1.54, 1.807) is 6.33 Å². The highest BCUT2D eigenvalue weighted by Gasteiger charge is 2.18. The van der Waals surface area contributed by atoms with Crippen molar-refractivity contribution in [2.24, 2.45) is 5.92 Å². The van der Waals surface area contributed by atoms with Crippen LogP contribution in [0.4, 0.5) is 0 Å². The topological polar surface area (TPSA) is 55.9 Å². The number of nitrogens with zero attached hydrogens (tertiary/aromatic N) is 3. The second kappa shape index (κ2) is 6.70. The maximum atomic E-state index is 5.75. The molecule has 5 heteroatoms. The molecule has 0 bridgehead atoms. The van der Waals surface area contributed by atoms with Crippen LogP contribution >= 0.6 is 0 Å². The summed E-state index contributed by atoms with van der Waals surface area (Å²) in [7, 11) is 0. The third-order valence-corrected chi connectivity index (χ3v) is 3.18. The van der Waals surface area contributed by atoms with Gasteiger partial charge in [-0.3, -0.25) is 0 Å². The van der Waals surface area contributed by atoms with Crippen LogP contribution in [0.2, 0.25) is 0 Å². The molecule has 110 valence electrons. The van der Waals surface area contributed by atoms with Crippen molar-refractivity contribution in [3.05, 3.63) is 35.8 Å². The van der Waals surface area contributed by atoms with E-state index in [4.69, 9.17) is 4.42 Å². The molecular weight excluding hydrogens is 252 g/mol. The molecule has 2 aromatic rings. The lowest BCUT2D eigenvalue weighted by molar-refractivity contribution is 0.387. The summed E-state index contributed by atoms with van der Waals surface area (Å²) in [5.41, 5.74) is 0. The van der Waals surface area contributed by atoms with Crippen molar-refractivity contribution in [1.82, 2.24) is 20.1 Å². The first kappa shape index (κ1) is 14.8. The first-order valence-electron chi connectivity index (χ1n) is 7.26. The number of aryl methyl sites for hydroxylation is 1. The lowest BCUT2D eigenvalue weighted by Gasteiger charge is -2.16. The maximum Gasteiger partial charge on any atom is 0.138 e. The van der Waals surface area contributed by atoms with Crippen LogP contribution in [0, 0.1) is 12.8 Å². The van der Waals surface area contributed by atoms with Crippen LogP contribution in [0.15, 0.2) is 22.9 Å². The van der Waals surface area contributed by atoms with Crippen molar-refractivity contribution in [2.75, 3.05) is 6.54 Å². The highest BCUT2D eigenvalue weighted by atomic mass is 16.3. The van der Waals surface area contributed by atoms with Gasteiger partial charge in [0.25, 0.3) is 0 Å². The van der Waals surface area contributed by atoms with E-state index in [-0.39, 0.29) is 6.04 Å². The van der Waals surface area contributed by atoms with E-state index in [9.17, 15) is 0 Å². The zero-order valence-electron chi connectivity index (χ0n) is 12.8. The summed E-state index contributed by atoms with van der Waals surface area (Å²) < 4.78 is 7.74. The summed E-state index contributed by atoms with van der Waals surface area (Å²) in [6.45, 7) is 10.2. The second-order valence-corrected chi connectivity index (χ2v) is 5.52. The number of likely N-dealkylation sites (N-methyl/N-ethyl adjacent to an activating group) is 1. The van der Waals surface area contributed by atoms with E-state index >= 15 is 0 Å². The molecule has 0 amide bonds. The minimum absolute atomic E-state index is 0.142. The van der Waals surface area contributed by atoms with Gasteiger partial charge >= 0.3 is 0 Å². The summed E-state index contributed by atoms with van der Waals surface area (Å²) >= 11 is 0. The Morgan fingerprint density at radius 2 is 2.15 bits per heavy atom. The Morgan fingerprint density at radius 3 is 2.75 bits per heavy atom. The van der Waals surface area contributed by atoms with Gasteiger partial charge in [-0.05, 0) is 31.5 Å². The molecule has 0 radical (unpaired) electrons. The van der Waals surface area contributed by atoms with E-state index in [0.29, 0.717) is 5.92 Å².